The largest absolute Gasteiger partial charge is 0.397 e. The first-order chi connectivity index (χ1) is 38.2. The predicted octanol–water partition coefficient (Wildman–Crippen LogP) is 10.1. The molecule has 0 saturated carbocycles. The van der Waals surface area contributed by atoms with Gasteiger partial charge in [0.2, 0.25) is 0 Å². The van der Waals surface area contributed by atoms with E-state index in [0.717, 1.165) is 54.6 Å². The van der Waals surface area contributed by atoms with Crippen LogP contribution in [0.25, 0.3) is 101 Å². The summed E-state index contributed by atoms with van der Waals surface area (Å²) in [6.45, 7) is 0. The molecule has 10 aromatic rings. The maximum absolute atomic E-state index is 12.4. The Labute approximate surface area is 440 Å². The summed E-state index contributed by atoms with van der Waals surface area (Å²) in [5.41, 5.74) is 14.9. The molecule has 7 aromatic carbocycles. The van der Waals surface area contributed by atoms with Crippen LogP contribution in [0.2, 0.25) is 0 Å². The molecule has 0 aliphatic heterocycles. The number of nitrogens with two attached hydrogens (primary N) is 4. The number of nitroso groups, excluding NO2 is 2. The Morgan fingerprint density at radius 2 is 0.575 bits per heavy atom. The molecule has 0 aliphatic rings. The standard InChI is InChI=1S/C48H26N18O14/c49-25-7-1-21(15-30(25)60-68)39-37(19-4-10-31(61(69)70)27(51)13-19)53-43-45(55-39)44-47(58-42(24-6-12-33(63(73)74)36(18-24)66(79)80)38(54-44)20-5-11-32(62(71)72)28(52)14-20)48-46(43)56-40(22-2-8-26(50)34(16-22)64(75)76)41(57-48)23-3-9-29(59-67)35(17-23)65(77)78/h1-18H,49-52H2. The molecule has 8 N–H and O–H groups in total. The minimum Gasteiger partial charge on any atom is -0.397 e. The Hall–Kier alpha value is -12.6. The SMILES string of the molecule is Nc1ccc(-c2nc3c(nc2-c2ccc([N+](=O)[O-])c(N)c2)c2nc(-c4ccc(N)c([N+](=O)[O-])c4)c(-c4ccc(N=O)c([N+](=O)[O-])c4)nc2c2nc(-c4ccc([N+](=O)[O-])c([N+](=O)[O-])c4)c(-c4ccc([N+](=O)[O-])c(N)c4)nc32)cc1N=O. The number of aromatic nitrogens is 6. The van der Waals surface area contributed by atoms with E-state index < -0.39 is 75.0 Å². The molecular formula is C48H26N18O14. The topological polar surface area (TPSA) is 499 Å². The van der Waals surface area contributed by atoms with Gasteiger partial charge in [-0.25, -0.2) is 29.9 Å². The number of hydrogen-bond acceptors (Lipinski definition) is 26. The molecule has 32 nitrogen and oxygen atoms in total. The fraction of sp³-hybridized carbons (Fsp3) is 0. The molecule has 0 spiro atoms. The minimum absolute atomic E-state index is 0.0265. The van der Waals surface area contributed by atoms with Crippen molar-refractivity contribution in [2.24, 2.45) is 10.4 Å². The molecule has 3 aromatic heterocycles. The summed E-state index contributed by atoms with van der Waals surface area (Å²) in [5, 5.41) is 78.9. The number of benzene rings is 7. The summed E-state index contributed by atoms with van der Waals surface area (Å²) in [6.07, 6.45) is 0. The molecule has 0 bridgehead atoms. The van der Waals surface area contributed by atoms with Crippen LogP contribution in [-0.2, 0) is 0 Å². The number of nitro groups is 6. The summed E-state index contributed by atoms with van der Waals surface area (Å²) in [5.74, 6) is 0. The lowest BCUT2D eigenvalue weighted by molar-refractivity contribution is -0.422. The van der Waals surface area contributed by atoms with Gasteiger partial charge in [0, 0.05) is 69.8 Å². The van der Waals surface area contributed by atoms with Crippen LogP contribution in [0, 0.1) is 70.5 Å². The highest BCUT2D eigenvalue weighted by atomic mass is 16.6. The Bertz CT molecular complexity index is 4520. The fourth-order valence-corrected chi connectivity index (χ4v) is 8.73. The van der Waals surface area contributed by atoms with Crippen LogP contribution in [0.15, 0.2) is 120 Å². The van der Waals surface area contributed by atoms with Crippen LogP contribution in [0.1, 0.15) is 0 Å². The second-order valence-electron chi connectivity index (χ2n) is 17.1. The quantitative estimate of drug-likeness (QED) is 0.0258. The zero-order valence-corrected chi connectivity index (χ0v) is 39.7. The Morgan fingerprint density at radius 3 is 0.925 bits per heavy atom. The summed E-state index contributed by atoms with van der Waals surface area (Å²) >= 11 is 0. The third-order valence-corrected chi connectivity index (χ3v) is 12.4. The molecule has 0 atom stereocenters. The number of rotatable bonds is 14. The van der Waals surface area contributed by atoms with Gasteiger partial charge >= 0.3 is 11.4 Å². The number of nitro benzene ring substituents is 6. The molecule has 392 valence electrons. The molecule has 3 heterocycles. The van der Waals surface area contributed by atoms with Gasteiger partial charge in [-0.2, -0.15) is 0 Å². The number of nitrogen functional groups attached to an aromatic ring is 4. The van der Waals surface area contributed by atoms with Crippen LogP contribution in [0.3, 0.4) is 0 Å². The fourth-order valence-electron chi connectivity index (χ4n) is 8.73. The highest BCUT2D eigenvalue weighted by Crippen LogP contribution is 2.45. The monoisotopic (exact) mass is 1080 g/mol. The van der Waals surface area contributed by atoms with Crippen molar-refractivity contribution in [1.82, 2.24) is 29.9 Å². The smallest absolute Gasteiger partial charge is 0.346 e. The minimum atomic E-state index is -1.02. The maximum atomic E-state index is 12.4. The van der Waals surface area contributed by atoms with Gasteiger partial charge in [0.25, 0.3) is 22.7 Å². The molecule has 0 radical (unpaired) electrons. The first kappa shape index (κ1) is 50.9. The summed E-state index contributed by atoms with van der Waals surface area (Å²) < 4.78 is 0. The van der Waals surface area contributed by atoms with Crippen molar-refractivity contribution in [2.75, 3.05) is 22.9 Å². The van der Waals surface area contributed by atoms with Crippen molar-refractivity contribution in [3.63, 3.8) is 0 Å². The van der Waals surface area contributed by atoms with Crippen LogP contribution in [-0.4, -0.2) is 59.4 Å². The lowest BCUT2D eigenvalue weighted by Gasteiger charge is -2.18. The normalized spacial score (nSPS) is 11.2. The molecule has 0 unspecified atom stereocenters. The molecule has 0 fully saturated rings. The molecule has 0 aliphatic carbocycles. The second-order valence-corrected chi connectivity index (χ2v) is 17.1. The van der Waals surface area contributed by atoms with E-state index in [0.29, 0.717) is 0 Å². The Balaban J connectivity index is 1.47. The average Bonchev–Trinajstić information content (AvgIpc) is 3.51. The van der Waals surface area contributed by atoms with E-state index in [-0.39, 0.29) is 123 Å². The molecular weight excluding hydrogens is 1050 g/mol. The molecule has 32 heteroatoms. The van der Waals surface area contributed by atoms with E-state index in [4.69, 9.17) is 52.8 Å². The highest BCUT2D eigenvalue weighted by Gasteiger charge is 2.31. The van der Waals surface area contributed by atoms with E-state index in [1.54, 1.807) is 0 Å². The third kappa shape index (κ3) is 8.61. The van der Waals surface area contributed by atoms with Crippen LogP contribution < -0.4 is 22.9 Å². The zero-order valence-electron chi connectivity index (χ0n) is 39.7. The van der Waals surface area contributed by atoms with Gasteiger partial charge in [-0.05, 0) is 71.0 Å². The zero-order chi connectivity index (χ0) is 57.2. The molecule has 10 rings (SSSR count). The third-order valence-electron chi connectivity index (χ3n) is 12.4. The number of fused-ring (bicyclic) bond motifs is 6. The van der Waals surface area contributed by atoms with E-state index in [1.807, 2.05) is 0 Å². The van der Waals surface area contributed by atoms with E-state index in [2.05, 4.69) is 10.4 Å². The highest BCUT2D eigenvalue weighted by molar-refractivity contribution is 6.20. The van der Waals surface area contributed by atoms with Crippen LogP contribution >= 0.6 is 0 Å². The summed E-state index contributed by atoms with van der Waals surface area (Å²) in [7, 11) is 0. The Morgan fingerprint density at radius 1 is 0.287 bits per heavy atom. The number of nitrogens with zero attached hydrogens (tertiary/aromatic N) is 14. The predicted molar refractivity (Wildman–Crippen MR) is 287 cm³/mol. The van der Waals surface area contributed by atoms with Gasteiger partial charge < -0.3 is 22.9 Å². The van der Waals surface area contributed by atoms with Crippen molar-refractivity contribution in [3.05, 3.63) is 180 Å². The van der Waals surface area contributed by atoms with Crippen molar-refractivity contribution in [1.29, 1.82) is 0 Å². The van der Waals surface area contributed by atoms with Gasteiger partial charge in [0.1, 0.15) is 55.8 Å². The molecule has 0 amide bonds. The van der Waals surface area contributed by atoms with Crippen molar-refractivity contribution in [2.45, 2.75) is 0 Å². The van der Waals surface area contributed by atoms with Crippen molar-refractivity contribution in [3.8, 4) is 67.5 Å². The van der Waals surface area contributed by atoms with Crippen LogP contribution in [0.4, 0.5) is 68.2 Å². The van der Waals surface area contributed by atoms with E-state index in [9.17, 15) is 70.5 Å². The lowest BCUT2D eigenvalue weighted by atomic mass is 9.99. The molecule has 80 heavy (non-hydrogen) atoms. The second kappa shape index (κ2) is 19.2. The number of anilines is 4. The van der Waals surface area contributed by atoms with Crippen molar-refractivity contribution < 1.29 is 29.5 Å². The summed E-state index contributed by atoms with van der Waals surface area (Å²) in [6, 6.07) is 20.4. The summed E-state index contributed by atoms with van der Waals surface area (Å²) in [4.78, 5) is 122. The van der Waals surface area contributed by atoms with Crippen LogP contribution in [0.5, 0.6) is 0 Å². The van der Waals surface area contributed by atoms with Crippen molar-refractivity contribution >= 4 is 101 Å². The van der Waals surface area contributed by atoms with Gasteiger partial charge in [0.15, 0.2) is 5.69 Å². The Kier molecular flexibility index (Phi) is 12.2. The van der Waals surface area contributed by atoms with Gasteiger partial charge in [-0.3, -0.25) is 60.7 Å². The van der Waals surface area contributed by atoms with Gasteiger partial charge in [-0.15, -0.1) is 9.81 Å². The first-order valence-corrected chi connectivity index (χ1v) is 22.4. The van der Waals surface area contributed by atoms with Gasteiger partial charge in [-0.1, -0.05) is 12.1 Å². The van der Waals surface area contributed by atoms with E-state index >= 15 is 0 Å². The lowest BCUT2D eigenvalue weighted by Crippen LogP contribution is -2.06. The maximum Gasteiger partial charge on any atom is 0.346 e. The molecule has 0 saturated heterocycles. The number of hydrogen-bond donors (Lipinski definition) is 4. The van der Waals surface area contributed by atoms with Gasteiger partial charge in [0.05, 0.1) is 69.4 Å². The first-order valence-electron chi connectivity index (χ1n) is 22.4. The average molecular weight is 1080 g/mol. The van der Waals surface area contributed by atoms with E-state index in [1.165, 1.54) is 54.6 Å².